The average molecular weight is 195 g/mol. The van der Waals surface area contributed by atoms with Gasteiger partial charge < -0.3 is 5.32 Å². The lowest BCUT2D eigenvalue weighted by molar-refractivity contribution is 0.253. The summed E-state index contributed by atoms with van der Waals surface area (Å²) < 4.78 is 0. The van der Waals surface area contributed by atoms with E-state index in [1.807, 2.05) is 11.3 Å². The van der Waals surface area contributed by atoms with Crippen LogP contribution < -0.4 is 5.32 Å². The summed E-state index contributed by atoms with van der Waals surface area (Å²) in [6.45, 7) is 3.42. The number of nitrogens with one attached hydrogen (secondary N) is 1. The highest BCUT2D eigenvalue weighted by Crippen LogP contribution is 2.45. The maximum absolute atomic E-state index is 3.29. The van der Waals surface area contributed by atoms with Gasteiger partial charge in [0.15, 0.2) is 0 Å². The zero-order chi connectivity index (χ0) is 9.26. The molecule has 0 saturated heterocycles. The molecule has 0 amide bonds. The van der Waals surface area contributed by atoms with E-state index in [2.05, 4.69) is 30.7 Å². The third-order valence-electron chi connectivity index (χ3n) is 3.12. The van der Waals surface area contributed by atoms with E-state index in [1.54, 1.807) is 4.88 Å². The fourth-order valence-corrected chi connectivity index (χ4v) is 3.34. The lowest BCUT2D eigenvalue weighted by Crippen LogP contribution is -2.32. The van der Waals surface area contributed by atoms with E-state index in [4.69, 9.17) is 0 Å². The first-order valence-electron chi connectivity index (χ1n) is 5.01. The molecular formula is C11H17NS. The summed E-state index contributed by atoms with van der Waals surface area (Å²) in [5, 5.41) is 5.51. The summed E-state index contributed by atoms with van der Waals surface area (Å²) in [5.74, 6) is 1.75. The molecule has 1 saturated carbocycles. The molecule has 1 aromatic rings. The molecule has 72 valence electrons. The monoisotopic (exact) mass is 195 g/mol. The van der Waals surface area contributed by atoms with E-state index >= 15 is 0 Å². The van der Waals surface area contributed by atoms with Crippen molar-refractivity contribution in [2.45, 2.75) is 25.7 Å². The maximum Gasteiger partial charge on any atom is 0.0109 e. The van der Waals surface area contributed by atoms with Crippen LogP contribution in [0.15, 0.2) is 11.4 Å². The molecule has 0 spiro atoms. The molecule has 13 heavy (non-hydrogen) atoms. The summed E-state index contributed by atoms with van der Waals surface area (Å²) in [4.78, 5) is 1.63. The van der Waals surface area contributed by atoms with Crippen LogP contribution in [-0.4, -0.2) is 13.6 Å². The smallest absolute Gasteiger partial charge is 0.0109 e. The van der Waals surface area contributed by atoms with Crippen LogP contribution in [0.1, 0.15) is 29.2 Å². The lowest BCUT2D eigenvalue weighted by atomic mass is 9.72. The highest BCUT2D eigenvalue weighted by atomic mass is 32.1. The zero-order valence-electron chi connectivity index (χ0n) is 8.34. The van der Waals surface area contributed by atoms with E-state index in [0.29, 0.717) is 0 Å². The third kappa shape index (κ3) is 1.65. The number of aryl methyl sites for hydroxylation is 1. The van der Waals surface area contributed by atoms with Gasteiger partial charge in [-0.05, 0) is 62.2 Å². The fourth-order valence-electron chi connectivity index (χ4n) is 2.19. The Morgan fingerprint density at radius 1 is 1.54 bits per heavy atom. The second kappa shape index (κ2) is 3.81. The Morgan fingerprint density at radius 3 is 2.85 bits per heavy atom. The van der Waals surface area contributed by atoms with E-state index in [-0.39, 0.29) is 0 Å². The van der Waals surface area contributed by atoms with Crippen LogP contribution in [0.25, 0.3) is 0 Å². The minimum absolute atomic E-state index is 0.854. The molecule has 1 aliphatic rings. The Hall–Kier alpha value is -0.340. The van der Waals surface area contributed by atoms with Crippen molar-refractivity contribution in [2.24, 2.45) is 5.92 Å². The van der Waals surface area contributed by atoms with Crippen molar-refractivity contribution in [1.82, 2.24) is 5.32 Å². The average Bonchev–Trinajstić information content (AvgIpc) is 2.46. The molecule has 0 radical (unpaired) electrons. The van der Waals surface area contributed by atoms with Crippen molar-refractivity contribution in [3.8, 4) is 0 Å². The topological polar surface area (TPSA) is 12.0 Å². The van der Waals surface area contributed by atoms with Gasteiger partial charge >= 0.3 is 0 Å². The number of hydrogen-bond acceptors (Lipinski definition) is 2. The Kier molecular flexibility index (Phi) is 2.70. The van der Waals surface area contributed by atoms with Gasteiger partial charge in [-0.15, -0.1) is 11.3 Å². The lowest BCUT2D eigenvalue weighted by Gasteiger charge is -2.36. The second-order valence-electron chi connectivity index (χ2n) is 3.97. The van der Waals surface area contributed by atoms with Crippen molar-refractivity contribution in [3.05, 3.63) is 21.9 Å². The molecule has 2 rings (SSSR count). The molecule has 1 nitrogen and oxygen atoms in total. The van der Waals surface area contributed by atoms with Crippen molar-refractivity contribution in [3.63, 3.8) is 0 Å². The quantitative estimate of drug-likeness (QED) is 0.782. The summed E-state index contributed by atoms with van der Waals surface area (Å²) in [5.41, 5.74) is 1.50. The molecular weight excluding hydrogens is 178 g/mol. The standard InChI is InChI=1S/C11H17NS/c1-8-5-6-13-11(8)10-4-3-9(10)7-12-2/h5-6,9-10,12H,3-4,7H2,1-2H3. The molecule has 1 aliphatic carbocycles. The molecule has 2 heteroatoms. The van der Waals surface area contributed by atoms with E-state index < -0.39 is 0 Å². The highest BCUT2D eigenvalue weighted by Gasteiger charge is 2.32. The third-order valence-corrected chi connectivity index (χ3v) is 4.27. The Balaban J connectivity index is 2.06. The Morgan fingerprint density at radius 2 is 2.38 bits per heavy atom. The van der Waals surface area contributed by atoms with Crippen LogP contribution in [0, 0.1) is 12.8 Å². The van der Waals surface area contributed by atoms with Gasteiger partial charge in [-0.1, -0.05) is 0 Å². The number of thiophene rings is 1. The predicted octanol–water partition coefficient (Wildman–Crippen LogP) is 2.77. The van der Waals surface area contributed by atoms with Gasteiger partial charge in [0.05, 0.1) is 0 Å². The predicted molar refractivity (Wildman–Crippen MR) is 58.4 cm³/mol. The Bertz CT molecular complexity index is 279. The first kappa shape index (κ1) is 9.22. The summed E-state index contributed by atoms with van der Waals surface area (Å²) in [6.07, 6.45) is 2.80. The second-order valence-corrected chi connectivity index (χ2v) is 4.92. The van der Waals surface area contributed by atoms with E-state index in [0.717, 1.165) is 11.8 Å². The largest absolute Gasteiger partial charge is 0.319 e. The molecule has 0 bridgehead atoms. The molecule has 2 unspecified atom stereocenters. The van der Waals surface area contributed by atoms with Gasteiger partial charge in [0.2, 0.25) is 0 Å². The minimum Gasteiger partial charge on any atom is -0.319 e. The van der Waals surface area contributed by atoms with Gasteiger partial charge in [0.1, 0.15) is 0 Å². The normalized spacial score (nSPS) is 27.2. The summed E-state index contributed by atoms with van der Waals surface area (Å²) >= 11 is 1.94. The Labute approximate surface area is 84.2 Å². The van der Waals surface area contributed by atoms with Gasteiger partial charge in [0, 0.05) is 4.88 Å². The molecule has 0 aliphatic heterocycles. The van der Waals surface area contributed by atoms with E-state index in [1.165, 1.54) is 24.9 Å². The maximum atomic E-state index is 3.29. The van der Waals surface area contributed by atoms with Crippen LogP contribution in [0.5, 0.6) is 0 Å². The summed E-state index contributed by atoms with van der Waals surface area (Å²) in [7, 11) is 2.05. The van der Waals surface area contributed by atoms with Crippen molar-refractivity contribution in [2.75, 3.05) is 13.6 Å². The fraction of sp³-hybridized carbons (Fsp3) is 0.636. The molecule has 0 aromatic carbocycles. The van der Waals surface area contributed by atoms with Crippen molar-refractivity contribution < 1.29 is 0 Å². The van der Waals surface area contributed by atoms with Crippen LogP contribution in [-0.2, 0) is 0 Å². The first-order valence-corrected chi connectivity index (χ1v) is 5.89. The molecule has 1 N–H and O–H groups in total. The highest BCUT2D eigenvalue weighted by molar-refractivity contribution is 7.10. The van der Waals surface area contributed by atoms with Crippen LogP contribution in [0.2, 0.25) is 0 Å². The first-order chi connectivity index (χ1) is 6.33. The molecule has 1 fully saturated rings. The molecule has 1 aromatic heterocycles. The summed E-state index contributed by atoms with van der Waals surface area (Å²) in [6, 6.07) is 2.24. The van der Waals surface area contributed by atoms with Gasteiger partial charge in [-0.25, -0.2) is 0 Å². The van der Waals surface area contributed by atoms with Crippen molar-refractivity contribution >= 4 is 11.3 Å². The van der Waals surface area contributed by atoms with Crippen LogP contribution in [0.3, 0.4) is 0 Å². The van der Waals surface area contributed by atoms with Crippen LogP contribution >= 0.6 is 11.3 Å². The SMILES string of the molecule is CNCC1CCC1c1sccc1C. The molecule has 2 atom stereocenters. The number of hydrogen-bond donors (Lipinski definition) is 1. The zero-order valence-corrected chi connectivity index (χ0v) is 9.16. The minimum atomic E-state index is 0.854. The molecule has 1 heterocycles. The van der Waals surface area contributed by atoms with Gasteiger partial charge in [0.25, 0.3) is 0 Å². The van der Waals surface area contributed by atoms with Gasteiger partial charge in [-0.3, -0.25) is 0 Å². The number of rotatable bonds is 3. The van der Waals surface area contributed by atoms with Crippen molar-refractivity contribution in [1.29, 1.82) is 0 Å². The van der Waals surface area contributed by atoms with Crippen LogP contribution in [0.4, 0.5) is 0 Å². The van der Waals surface area contributed by atoms with Gasteiger partial charge in [-0.2, -0.15) is 0 Å². The van der Waals surface area contributed by atoms with E-state index in [9.17, 15) is 0 Å².